The van der Waals surface area contributed by atoms with Crippen LogP contribution >= 0.6 is 0 Å². The summed E-state index contributed by atoms with van der Waals surface area (Å²) in [5, 5.41) is 17.6. The highest BCUT2D eigenvalue weighted by atomic mass is 16.4. The maximum atomic E-state index is 10.7. The van der Waals surface area contributed by atoms with Gasteiger partial charge in [-0.1, -0.05) is 71.1 Å². The fourth-order valence-corrected chi connectivity index (χ4v) is 2.17. The van der Waals surface area contributed by atoms with E-state index in [1.54, 1.807) is 0 Å². The van der Waals surface area contributed by atoms with Crippen LogP contribution in [0.5, 0.6) is 0 Å². The largest absolute Gasteiger partial charge is 0.481 e. The molecule has 0 aliphatic heterocycles. The van der Waals surface area contributed by atoms with Gasteiger partial charge in [0.05, 0.1) is 12.5 Å². The van der Waals surface area contributed by atoms with Crippen LogP contribution < -0.4 is 0 Å². The Hall–Kier alpha value is -0.570. The molecule has 0 fully saturated rings. The minimum Gasteiger partial charge on any atom is -0.481 e. The molecule has 3 heteroatoms. The van der Waals surface area contributed by atoms with Crippen molar-refractivity contribution in [2.75, 3.05) is 6.61 Å². The van der Waals surface area contributed by atoms with Crippen molar-refractivity contribution in [3.05, 3.63) is 0 Å². The molecular formula is C15H30O3. The van der Waals surface area contributed by atoms with Gasteiger partial charge in [0.2, 0.25) is 0 Å². The minimum atomic E-state index is -0.867. The third kappa shape index (κ3) is 10.6. The van der Waals surface area contributed by atoms with E-state index in [-0.39, 0.29) is 6.61 Å². The van der Waals surface area contributed by atoms with Gasteiger partial charge in [0.15, 0.2) is 0 Å². The first-order valence-electron chi connectivity index (χ1n) is 7.56. The number of carboxylic acid groups (broad SMARTS) is 1. The average molecular weight is 258 g/mol. The lowest BCUT2D eigenvalue weighted by Crippen LogP contribution is -2.17. The number of hydrogen-bond acceptors (Lipinski definition) is 2. The summed E-state index contributed by atoms with van der Waals surface area (Å²) in [4.78, 5) is 10.7. The van der Waals surface area contributed by atoms with Gasteiger partial charge in [0.1, 0.15) is 0 Å². The molecule has 0 bridgehead atoms. The number of unbranched alkanes of at least 4 members (excludes halogenated alkanes) is 9. The molecule has 0 radical (unpaired) electrons. The lowest BCUT2D eigenvalue weighted by Gasteiger charge is -2.08. The van der Waals surface area contributed by atoms with Crippen LogP contribution in [0.4, 0.5) is 0 Å². The predicted octanol–water partition coefficient (Wildman–Crippen LogP) is 3.99. The van der Waals surface area contributed by atoms with Crippen LogP contribution in [0.15, 0.2) is 0 Å². The summed E-state index contributed by atoms with van der Waals surface area (Å²) in [6.07, 6.45) is 13.1. The van der Waals surface area contributed by atoms with E-state index in [0.29, 0.717) is 6.42 Å². The maximum absolute atomic E-state index is 10.7. The van der Waals surface area contributed by atoms with E-state index >= 15 is 0 Å². The van der Waals surface area contributed by atoms with E-state index in [1.807, 2.05) is 0 Å². The number of carbonyl (C=O) groups is 1. The molecule has 18 heavy (non-hydrogen) atoms. The van der Waals surface area contributed by atoms with Crippen LogP contribution in [-0.4, -0.2) is 22.8 Å². The summed E-state index contributed by atoms with van der Waals surface area (Å²) >= 11 is 0. The Labute approximate surface area is 112 Å². The van der Waals surface area contributed by atoms with Crippen molar-refractivity contribution in [1.82, 2.24) is 0 Å². The average Bonchev–Trinajstić information content (AvgIpc) is 2.35. The normalized spacial score (nSPS) is 12.6. The Kier molecular flexibility index (Phi) is 12.5. The van der Waals surface area contributed by atoms with Crippen LogP contribution in [0.25, 0.3) is 0 Å². The molecule has 3 nitrogen and oxygen atoms in total. The molecule has 2 N–H and O–H groups in total. The molecule has 0 spiro atoms. The summed E-state index contributed by atoms with van der Waals surface area (Å²) in [6, 6.07) is 0. The number of rotatable bonds is 13. The van der Waals surface area contributed by atoms with E-state index < -0.39 is 11.9 Å². The Morgan fingerprint density at radius 3 is 1.72 bits per heavy atom. The number of aliphatic carboxylic acids is 1. The number of carboxylic acids is 1. The summed E-state index contributed by atoms with van der Waals surface area (Å²) in [5.41, 5.74) is 0. The van der Waals surface area contributed by atoms with E-state index in [9.17, 15) is 4.79 Å². The smallest absolute Gasteiger partial charge is 0.308 e. The molecule has 0 aromatic heterocycles. The standard InChI is InChI=1S/C15H30O3/c1-2-3-4-5-6-7-8-9-10-11-12-14(13-16)15(17)18/h14,16H,2-13H2,1H3,(H,17,18). The first-order chi connectivity index (χ1) is 8.72. The number of aliphatic hydroxyl groups is 1. The van der Waals surface area contributed by atoms with Crippen LogP contribution in [0.3, 0.4) is 0 Å². The van der Waals surface area contributed by atoms with Crippen molar-refractivity contribution in [1.29, 1.82) is 0 Å². The van der Waals surface area contributed by atoms with Gasteiger partial charge in [-0.05, 0) is 6.42 Å². The van der Waals surface area contributed by atoms with E-state index in [2.05, 4.69) is 6.92 Å². The second-order valence-corrected chi connectivity index (χ2v) is 5.19. The predicted molar refractivity (Wildman–Crippen MR) is 74.7 cm³/mol. The van der Waals surface area contributed by atoms with Crippen LogP contribution in [-0.2, 0) is 4.79 Å². The first kappa shape index (κ1) is 17.4. The monoisotopic (exact) mass is 258 g/mol. The fourth-order valence-electron chi connectivity index (χ4n) is 2.17. The van der Waals surface area contributed by atoms with Crippen molar-refractivity contribution < 1.29 is 15.0 Å². The van der Waals surface area contributed by atoms with Crippen molar-refractivity contribution in [2.45, 2.75) is 77.6 Å². The number of aliphatic hydroxyl groups excluding tert-OH is 1. The zero-order chi connectivity index (χ0) is 13.6. The van der Waals surface area contributed by atoms with Gasteiger partial charge in [-0.15, -0.1) is 0 Å². The highest BCUT2D eigenvalue weighted by Crippen LogP contribution is 2.13. The van der Waals surface area contributed by atoms with Gasteiger partial charge >= 0.3 is 5.97 Å². The molecule has 0 aromatic carbocycles. The molecule has 0 aromatic rings. The molecular weight excluding hydrogens is 228 g/mol. The summed E-state index contributed by atoms with van der Waals surface area (Å²) in [5.74, 6) is -1.42. The molecule has 108 valence electrons. The molecule has 0 aliphatic carbocycles. The molecule has 0 amide bonds. The Morgan fingerprint density at radius 1 is 0.889 bits per heavy atom. The highest BCUT2D eigenvalue weighted by molar-refractivity contribution is 5.69. The Bertz CT molecular complexity index is 192. The lowest BCUT2D eigenvalue weighted by atomic mass is 10.0. The van der Waals surface area contributed by atoms with Crippen molar-refractivity contribution in [3.8, 4) is 0 Å². The van der Waals surface area contributed by atoms with Gasteiger partial charge < -0.3 is 10.2 Å². The van der Waals surface area contributed by atoms with Gasteiger partial charge in [0, 0.05) is 0 Å². The molecule has 0 saturated heterocycles. The molecule has 1 atom stereocenters. The molecule has 0 aliphatic rings. The molecule has 0 rings (SSSR count). The quantitative estimate of drug-likeness (QED) is 0.491. The Balaban J connectivity index is 3.18. The third-order valence-corrected chi connectivity index (χ3v) is 3.48. The van der Waals surface area contributed by atoms with Crippen molar-refractivity contribution in [3.63, 3.8) is 0 Å². The third-order valence-electron chi connectivity index (χ3n) is 3.48. The maximum Gasteiger partial charge on any atom is 0.308 e. The zero-order valence-electron chi connectivity index (χ0n) is 11.9. The SMILES string of the molecule is CCCCCCCCCCCCC(CO)C(=O)O. The second-order valence-electron chi connectivity index (χ2n) is 5.19. The lowest BCUT2D eigenvalue weighted by molar-refractivity contribution is -0.143. The Morgan fingerprint density at radius 2 is 1.33 bits per heavy atom. The van der Waals surface area contributed by atoms with Crippen LogP contribution in [0.1, 0.15) is 77.6 Å². The van der Waals surface area contributed by atoms with Gasteiger partial charge in [-0.3, -0.25) is 4.79 Å². The highest BCUT2D eigenvalue weighted by Gasteiger charge is 2.14. The summed E-state index contributed by atoms with van der Waals surface area (Å²) in [7, 11) is 0. The van der Waals surface area contributed by atoms with Gasteiger partial charge in [-0.25, -0.2) is 0 Å². The van der Waals surface area contributed by atoms with Crippen molar-refractivity contribution >= 4 is 5.97 Å². The second kappa shape index (κ2) is 12.9. The van der Waals surface area contributed by atoms with E-state index in [1.165, 1.54) is 51.4 Å². The van der Waals surface area contributed by atoms with Crippen LogP contribution in [0.2, 0.25) is 0 Å². The topological polar surface area (TPSA) is 57.5 Å². The number of hydrogen-bond donors (Lipinski definition) is 2. The summed E-state index contributed by atoms with van der Waals surface area (Å²) < 4.78 is 0. The van der Waals surface area contributed by atoms with E-state index in [4.69, 9.17) is 10.2 Å². The van der Waals surface area contributed by atoms with Gasteiger partial charge in [-0.2, -0.15) is 0 Å². The summed E-state index contributed by atoms with van der Waals surface area (Å²) in [6.45, 7) is 2.00. The minimum absolute atomic E-state index is 0.229. The first-order valence-corrected chi connectivity index (χ1v) is 7.56. The molecule has 0 heterocycles. The molecule has 1 unspecified atom stereocenters. The zero-order valence-corrected chi connectivity index (χ0v) is 11.9. The fraction of sp³-hybridized carbons (Fsp3) is 0.933. The van der Waals surface area contributed by atoms with E-state index in [0.717, 1.165) is 12.8 Å². The van der Waals surface area contributed by atoms with Crippen molar-refractivity contribution in [2.24, 2.45) is 5.92 Å². The molecule has 0 saturated carbocycles. The van der Waals surface area contributed by atoms with Gasteiger partial charge in [0.25, 0.3) is 0 Å². The van der Waals surface area contributed by atoms with Crippen LogP contribution in [0, 0.1) is 5.92 Å².